The Balaban J connectivity index is 1.86. The van der Waals surface area contributed by atoms with Crippen molar-refractivity contribution in [2.24, 2.45) is 0 Å². The van der Waals surface area contributed by atoms with Gasteiger partial charge in [-0.15, -0.1) is 0 Å². The maximum Gasteiger partial charge on any atom is 0.306 e. The topological polar surface area (TPSA) is 83.1 Å². The second kappa shape index (κ2) is 11.1. The van der Waals surface area contributed by atoms with Gasteiger partial charge in [0.1, 0.15) is 0 Å². The summed E-state index contributed by atoms with van der Waals surface area (Å²) in [6.07, 6.45) is -0.343. The van der Waals surface area contributed by atoms with Gasteiger partial charge in [0.15, 0.2) is 17.6 Å². The molecule has 30 heavy (non-hydrogen) atoms. The number of aryl methyl sites for hydroxylation is 2. The monoisotopic (exact) mass is 415 g/mol. The summed E-state index contributed by atoms with van der Waals surface area (Å²) < 4.78 is 21.2. The normalized spacial score (nSPS) is 11.4. The highest BCUT2D eigenvalue weighted by Crippen LogP contribution is 2.38. The van der Waals surface area contributed by atoms with E-state index in [1.807, 2.05) is 31.2 Å². The van der Waals surface area contributed by atoms with E-state index in [0.717, 1.165) is 16.7 Å². The molecule has 0 radical (unpaired) electrons. The van der Waals surface area contributed by atoms with Crippen LogP contribution in [0.5, 0.6) is 17.2 Å². The van der Waals surface area contributed by atoms with Gasteiger partial charge in [-0.1, -0.05) is 29.8 Å². The fourth-order valence-corrected chi connectivity index (χ4v) is 2.87. The summed E-state index contributed by atoms with van der Waals surface area (Å²) in [5.74, 6) is 0.733. The van der Waals surface area contributed by atoms with Gasteiger partial charge in [-0.2, -0.15) is 0 Å². The molecule has 2 aromatic carbocycles. The Labute approximate surface area is 177 Å². The van der Waals surface area contributed by atoms with Crippen molar-refractivity contribution in [2.45, 2.75) is 39.3 Å². The summed E-state index contributed by atoms with van der Waals surface area (Å²) in [6.45, 7) is 3.94. The number of methoxy groups -OCH3 is 3. The number of benzene rings is 2. The molecule has 0 aliphatic carbocycles. The summed E-state index contributed by atoms with van der Waals surface area (Å²) in [7, 11) is 4.60. The van der Waals surface area contributed by atoms with E-state index in [2.05, 4.69) is 5.32 Å². The molecule has 0 heterocycles. The SMILES string of the molecule is COc1cc(CCC(=O)OC(C)C(=O)NCc2ccc(C)cc2)cc(OC)c1OC. The Kier molecular flexibility index (Phi) is 8.53. The van der Waals surface area contributed by atoms with Gasteiger partial charge in [0, 0.05) is 13.0 Å². The van der Waals surface area contributed by atoms with Crippen LogP contribution in [0.25, 0.3) is 0 Å². The van der Waals surface area contributed by atoms with Gasteiger partial charge in [-0.05, 0) is 43.5 Å². The summed E-state index contributed by atoms with van der Waals surface area (Å²) in [5, 5.41) is 2.78. The van der Waals surface area contributed by atoms with Crippen LogP contribution in [0.1, 0.15) is 30.0 Å². The van der Waals surface area contributed by atoms with Crippen LogP contribution in [0.15, 0.2) is 36.4 Å². The summed E-state index contributed by atoms with van der Waals surface area (Å²) >= 11 is 0. The van der Waals surface area contributed by atoms with Gasteiger partial charge in [0.25, 0.3) is 5.91 Å². The predicted octanol–water partition coefficient (Wildman–Crippen LogP) is 3.20. The zero-order chi connectivity index (χ0) is 22.1. The van der Waals surface area contributed by atoms with Crippen LogP contribution in [0, 0.1) is 6.92 Å². The zero-order valence-corrected chi connectivity index (χ0v) is 18.1. The van der Waals surface area contributed by atoms with Crippen molar-refractivity contribution in [3.63, 3.8) is 0 Å². The average molecular weight is 415 g/mol. The molecule has 1 amide bonds. The molecule has 1 N–H and O–H groups in total. The molecule has 0 aliphatic heterocycles. The third-order valence-corrected chi connectivity index (χ3v) is 4.61. The Bertz CT molecular complexity index is 837. The highest BCUT2D eigenvalue weighted by Gasteiger charge is 2.18. The lowest BCUT2D eigenvalue weighted by atomic mass is 10.1. The minimum Gasteiger partial charge on any atom is -0.493 e. The van der Waals surface area contributed by atoms with E-state index in [4.69, 9.17) is 18.9 Å². The van der Waals surface area contributed by atoms with Crippen molar-refractivity contribution in [1.29, 1.82) is 0 Å². The van der Waals surface area contributed by atoms with E-state index >= 15 is 0 Å². The number of carbonyl (C=O) groups excluding carboxylic acids is 2. The Morgan fingerprint density at radius 1 is 0.933 bits per heavy atom. The third kappa shape index (κ3) is 6.40. The first-order chi connectivity index (χ1) is 14.4. The molecule has 0 fully saturated rings. The van der Waals surface area contributed by atoms with Gasteiger partial charge in [0.2, 0.25) is 5.75 Å². The van der Waals surface area contributed by atoms with Gasteiger partial charge < -0.3 is 24.3 Å². The second-order valence-corrected chi connectivity index (χ2v) is 6.87. The van der Waals surface area contributed by atoms with Crippen LogP contribution in [-0.2, 0) is 27.3 Å². The van der Waals surface area contributed by atoms with E-state index in [9.17, 15) is 9.59 Å². The lowest BCUT2D eigenvalue weighted by Gasteiger charge is -2.15. The first-order valence-corrected chi connectivity index (χ1v) is 9.69. The highest BCUT2D eigenvalue weighted by atomic mass is 16.5. The summed E-state index contributed by atoms with van der Waals surface area (Å²) in [6, 6.07) is 11.4. The van der Waals surface area contributed by atoms with E-state index in [-0.39, 0.29) is 12.3 Å². The van der Waals surface area contributed by atoms with Crippen LogP contribution in [0.2, 0.25) is 0 Å². The molecule has 0 aliphatic rings. The highest BCUT2D eigenvalue weighted by molar-refractivity contribution is 5.83. The number of ether oxygens (including phenoxy) is 4. The Morgan fingerprint density at radius 2 is 1.53 bits per heavy atom. The van der Waals surface area contributed by atoms with Crippen molar-refractivity contribution in [3.05, 3.63) is 53.1 Å². The van der Waals surface area contributed by atoms with E-state index < -0.39 is 12.1 Å². The zero-order valence-electron chi connectivity index (χ0n) is 18.1. The number of nitrogens with one attached hydrogen (secondary N) is 1. The molecular formula is C23H29NO6. The summed E-state index contributed by atoms with van der Waals surface area (Å²) in [4.78, 5) is 24.4. The van der Waals surface area contributed by atoms with Gasteiger partial charge >= 0.3 is 5.97 Å². The fourth-order valence-electron chi connectivity index (χ4n) is 2.87. The van der Waals surface area contributed by atoms with Crippen LogP contribution in [0.3, 0.4) is 0 Å². The van der Waals surface area contributed by atoms with E-state index in [1.165, 1.54) is 21.3 Å². The molecule has 0 aromatic heterocycles. The molecule has 2 aromatic rings. The average Bonchev–Trinajstić information content (AvgIpc) is 2.76. The number of esters is 1. The number of carbonyl (C=O) groups is 2. The molecule has 7 nitrogen and oxygen atoms in total. The first kappa shape index (κ1) is 23.1. The molecule has 0 saturated heterocycles. The molecule has 0 spiro atoms. The van der Waals surface area contributed by atoms with E-state index in [0.29, 0.717) is 30.2 Å². The maximum atomic E-state index is 12.2. The molecule has 162 valence electrons. The quantitative estimate of drug-likeness (QED) is 0.600. The van der Waals surface area contributed by atoms with Crippen molar-refractivity contribution < 1.29 is 28.5 Å². The second-order valence-electron chi connectivity index (χ2n) is 6.87. The van der Waals surface area contributed by atoms with Crippen LogP contribution < -0.4 is 19.5 Å². The lowest BCUT2D eigenvalue weighted by Crippen LogP contribution is -2.35. The van der Waals surface area contributed by atoms with Crippen molar-refractivity contribution in [1.82, 2.24) is 5.32 Å². The molecule has 0 saturated carbocycles. The number of amides is 1. The lowest BCUT2D eigenvalue weighted by molar-refractivity contribution is -0.154. The number of hydrogen-bond acceptors (Lipinski definition) is 6. The van der Waals surface area contributed by atoms with E-state index in [1.54, 1.807) is 19.1 Å². The van der Waals surface area contributed by atoms with Crippen molar-refractivity contribution in [3.8, 4) is 17.2 Å². The molecule has 2 rings (SSSR count). The molecule has 7 heteroatoms. The number of rotatable bonds is 10. The third-order valence-electron chi connectivity index (χ3n) is 4.61. The van der Waals surface area contributed by atoms with Gasteiger partial charge in [-0.25, -0.2) is 0 Å². The molecular weight excluding hydrogens is 386 g/mol. The molecule has 1 unspecified atom stereocenters. The first-order valence-electron chi connectivity index (χ1n) is 9.69. The van der Waals surface area contributed by atoms with Crippen LogP contribution in [-0.4, -0.2) is 39.3 Å². The fraction of sp³-hybridized carbons (Fsp3) is 0.391. The van der Waals surface area contributed by atoms with Crippen molar-refractivity contribution >= 4 is 11.9 Å². The molecule has 1 atom stereocenters. The van der Waals surface area contributed by atoms with Crippen molar-refractivity contribution in [2.75, 3.05) is 21.3 Å². The Morgan fingerprint density at radius 3 is 2.07 bits per heavy atom. The summed E-state index contributed by atoms with van der Waals surface area (Å²) in [5.41, 5.74) is 2.97. The predicted molar refractivity (Wildman–Crippen MR) is 113 cm³/mol. The van der Waals surface area contributed by atoms with Crippen LogP contribution in [0.4, 0.5) is 0 Å². The van der Waals surface area contributed by atoms with Gasteiger partial charge in [0.05, 0.1) is 21.3 Å². The molecule has 0 bridgehead atoms. The van der Waals surface area contributed by atoms with Gasteiger partial charge in [-0.3, -0.25) is 9.59 Å². The standard InChI is InChI=1S/C23H29NO6/c1-15-6-8-17(9-7-15)14-24-23(26)16(2)30-21(25)11-10-18-12-19(27-3)22(29-5)20(13-18)28-4/h6-9,12-13,16H,10-11,14H2,1-5H3,(H,24,26). The minimum atomic E-state index is -0.872. The largest absolute Gasteiger partial charge is 0.493 e. The smallest absolute Gasteiger partial charge is 0.306 e. The Hall–Kier alpha value is -3.22. The maximum absolute atomic E-state index is 12.2. The van der Waals surface area contributed by atoms with Crippen LogP contribution >= 0.6 is 0 Å². The number of hydrogen-bond donors (Lipinski definition) is 1. The minimum absolute atomic E-state index is 0.119.